The largest absolute Gasteiger partial charge is 0.378 e. The topological polar surface area (TPSA) is 37.4 Å². The molecule has 82 valence electrons. The highest BCUT2D eigenvalue weighted by Gasteiger charge is 2.19. The third-order valence-electron chi connectivity index (χ3n) is 2.52. The second-order valence-corrected chi connectivity index (χ2v) is 4.17. The van der Waals surface area contributed by atoms with E-state index in [0.717, 1.165) is 5.69 Å². The second kappa shape index (κ2) is 3.76. The minimum absolute atomic E-state index is 0.0441. The molecule has 0 radical (unpaired) electrons. The van der Waals surface area contributed by atoms with Crippen molar-refractivity contribution >= 4 is 17.3 Å². The predicted octanol–water partition coefficient (Wildman–Crippen LogP) is 1.67. The first-order valence-electron chi connectivity index (χ1n) is 4.79. The van der Waals surface area contributed by atoms with Crippen LogP contribution in [0.25, 0.3) is 11.1 Å². The zero-order valence-corrected chi connectivity index (χ0v) is 9.71. The summed E-state index contributed by atoms with van der Waals surface area (Å²) in [5.74, 6) is 0. The van der Waals surface area contributed by atoms with Crippen molar-refractivity contribution in [1.82, 2.24) is 0 Å². The predicted molar refractivity (Wildman–Crippen MR) is 66.1 cm³/mol. The molecule has 0 aromatic heterocycles. The Morgan fingerprint density at radius 1 is 1.00 bits per heavy atom. The minimum Gasteiger partial charge on any atom is -0.378 e. The molecule has 0 saturated carbocycles. The first-order valence-corrected chi connectivity index (χ1v) is 5.16. The molecule has 0 N–H and O–H groups in total. The number of nitrogens with zero attached hydrogens (tertiary/aromatic N) is 1. The fraction of sp³-hybridized carbons (Fsp3) is 0.167. The minimum atomic E-state index is -0.589. The van der Waals surface area contributed by atoms with Crippen LogP contribution in [-0.2, 0) is 0 Å². The van der Waals surface area contributed by atoms with E-state index in [4.69, 9.17) is 11.6 Å². The maximum Gasteiger partial charge on any atom is 0.245 e. The molecule has 0 unspecified atom stereocenters. The molecule has 2 aromatic carbocycles. The highest BCUT2D eigenvalue weighted by molar-refractivity contribution is 6.34. The molecule has 0 aliphatic rings. The zero-order chi connectivity index (χ0) is 11.9. The second-order valence-electron chi connectivity index (χ2n) is 3.79. The molecule has 0 saturated heterocycles. The first-order chi connectivity index (χ1) is 7.52. The van der Waals surface area contributed by atoms with Crippen molar-refractivity contribution in [3.63, 3.8) is 0 Å². The average molecular weight is 236 g/mol. The van der Waals surface area contributed by atoms with Gasteiger partial charge >= 0.3 is 0 Å². The van der Waals surface area contributed by atoms with Crippen LogP contribution < -0.4 is 15.8 Å². The van der Waals surface area contributed by atoms with E-state index in [1.165, 1.54) is 0 Å². The summed E-state index contributed by atoms with van der Waals surface area (Å²) in [4.78, 5) is 24.2. The zero-order valence-electron chi connectivity index (χ0n) is 8.95. The highest BCUT2D eigenvalue weighted by Crippen LogP contribution is 2.25. The summed E-state index contributed by atoms with van der Waals surface area (Å²) in [5, 5.41) is 0.0441. The van der Waals surface area contributed by atoms with Crippen molar-refractivity contribution in [2.75, 3.05) is 19.0 Å². The Morgan fingerprint density at radius 2 is 1.56 bits per heavy atom. The monoisotopic (exact) mass is 235 g/mol. The van der Waals surface area contributed by atoms with Crippen molar-refractivity contribution in [2.45, 2.75) is 0 Å². The summed E-state index contributed by atoms with van der Waals surface area (Å²) in [5.41, 5.74) is 0.965. The maximum atomic E-state index is 11.3. The van der Waals surface area contributed by atoms with Crippen LogP contribution in [0.15, 0.2) is 33.9 Å². The van der Waals surface area contributed by atoms with Crippen LogP contribution in [0.2, 0.25) is 5.02 Å². The van der Waals surface area contributed by atoms with Crippen LogP contribution in [0.4, 0.5) is 5.69 Å². The quantitative estimate of drug-likeness (QED) is 0.743. The third-order valence-corrected chi connectivity index (χ3v) is 2.89. The Hall–Kier alpha value is -1.61. The molecule has 0 aliphatic carbocycles. The SMILES string of the molecule is CN(C)c1ccc(-c2c(Cl)c(=O)c2=O)cc1. The molecule has 16 heavy (non-hydrogen) atoms. The van der Waals surface area contributed by atoms with Crippen molar-refractivity contribution < 1.29 is 0 Å². The number of benzene rings is 1. The smallest absolute Gasteiger partial charge is 0.245 e. The Labute approximate surface area is 97.6 Å². The molecule has 4 heteroatoms. The van der Waals surface area contributed by atoms with E-state index in [2.05, 4.69) is 0 Å². The van der Waals surface area contributed by atoms with E-state index in [1.54, 1.807) is 12.1 Å². The van der Waals surface area contributed by atoms with Gasteiger partial charge in [0, 0.05) is 19.8 Å². The Kier molecular flexibility index (Phi) is 2.56. The lowest BCUT2D eigenvalue weighted by Gasteiger charge is -2.13. The van der Waals surface area contributed by atoms with Crippen LogP contribution in [0.3, 0.4) is 0 Å². The van der Waals surface area contributed by atoms with Gasteiger partial charge in [0.05, 0.1) is 5.56 Å². The summed E-state index contributed by atoms with van der Waals surface area (Å²) >= 11 is 5.70. The van der Waals surface area contributed by atoms with Gasteiger partial charge in [0.2, 0.25) is 10.9 Å². The molecule has 0 fully saturated rings. The van der Waals surface area contributed by atoms with Gasteiger partial charge in [0.25, 0.3) is 0 Å². The normalized spacial score (nSPS) is 10.7. The lowest BCUT2D eigenvalue weighted by atomic mass is 10.0. The summed E-state index contributed by atoms with van der Waals surface area (Å²) < 4.78 is 0. The van der Waals surface area contributed by atoms with Crippen molar-refractivity contribution in [2.24, 2.45) is 0 Å². The van der Waals surface area contributed by atoms with Gasteiger partial charge in [-0.15, -0.1) is 0 Å². The van der Waals surface area contributed by atoms with Crippen LogP contribution in [0, 0.1) is 0 Å². The standard InChI is InChI=1S/C12H10ClNO2/c1-14(2)8-5-3-7(4-6-8)9-10(13)12(16)11(9)15/h3-6H,1-2H3. The Balaban J connectivity index is 2.44. The maximum absolute atomic E-state index is 11.3. The lowest BCUT2D eigenvalue weighted by molar-refractivity contribution is 1.13. The molecular formula is C12H10ClNO2. The van der Waals surface area contributed by atoms with Gasteiger partial charge in [0.1, 0.15) is 5.02 Å². The van der Waals surface area contributed by atoms with E-state index in [-0.39, 0.29) is 5.02 Å². The number of hydrogen-bond donors (Lipinski definition) is 0. The summed E-state index contributed by atoms with van der Waals surface area (Å²) in [6.45, 7) is 0. The Morgan fingerprint density at radius 3 is 2.00 bits per heavy atom. The molecule has 0 heterocycles. The van der Waals surface area contributed by atoms with Crippen molar-refractivity contribution in [3.8, 4) is 11.1 Å². The lowest BCUT2D eigenvalue weighted by Crippen LogP contribution is -2.33. The van der Waals surface area contributed by atoms with E-state index < -0.39 is 10.9 Å². The third kappa shape index (κ3) is 1.53. The molecule has 0 aliphatic heterocycles. The molecule has 2 aromatic rings. The average Bonchev–Trinajstić information content (AvgIpc) is 2.29. The molecule has 0 bridgehead atoms. The molecule has 0 amide bonds. The van der Waals surface area contributed by atoms with Gasteiger partial charge in [-0.2, -0.15) is 0 Å². The van der Waals surface area contributed by atoms with Gasteiger partial charge < -0.3 is 4.90 Å². The number of halogens is 1. The Bertz CT molecular complexity index is 592. The molecule has 0 spiro atoms. The van der Waals surface area contributed by atoms with Crippen LogP contribution in [0.5, 0.6) is 0 Å². The van der Waals surface area contributed by atoms with Crippen molar-refractivity contribution in [3.05, 3.63) is 49.7 Å². The molecular weight excluding hydrogens is 226 g/mol. The van der Waals surface area contributed by atoms with E-state index >= 15 is 0 Å². The molecule has 0 atom stereocenters. The van der Waals surface area contributed by atoms with Gasteiger partial charge in [0.15, 0.2) is 0 Å². The molecule has 2 rings (SSSR count). The van der Waals surface area contributed by atoms with E-state index in [1.807, 2.05) is 31.1 Å². The van der Waals surface area contributed by atoms with Gasteiger partial charge in [-0.3, -0.25) is 9.59 Å². The van der Waals surface area contributed by atoms with Gasteiger partial charge in [-0.25, -0.2) is 0 Å². The number of anilines is 1. The van der Waals surface area contributed by atoms with Gasteiger partial charge in [-0.05, 0) is 17.7 Å². The molecule has 3 nitrogen and oxygen atoms in total. The number of hydrogen-bond acceptors (Lipinski definition) is 3. The van der Waals surface area contributed by atoms with E-state index in [0.29, 0.717) is 11.1 Å². The van der Waals surface area contributed by atoms with E-state index in [9.17, 15) is 9.59 Å². The summed E-state index contributed by atoms with van der Waals surface area (Å²) in [7, 11) is 3.86. The highest BCUT2D eigenvalue weighted by atomic mass is 35.5. The summed E-state index contributed by atoms with van der Waals surface area (Å²) in [6.07, 6.45) is 0. The fourth-order valence-corrected chi connectivity index (χ4v) is 1.83. The van der Waals surface area contributed by atoms with Crippen LogP contribution in [-0.4, -0.2) is 14.1 Å². The summed E-state index contributed by atoms with van der Waals surface area (Å²) in [6, 6.07) is 7.33. The van der Waals surface area contributed by atoms with Gasteiger partial charge in [-0.1, -0.05) is 23.7 Å². The first kappa shape index (κ1) is 10.9. The number of rotatable bonds is 2. The fourth-order valence-electron chi connectivity index (χ4n) is 1.55. The van der Waals surface area contributed by atoms with Crippen molar-refractivity contribution in [1.29, 1.82) is 0 Å². The van der Waals surface area contributed by atoms with Crippen LogP contribution in [0.1, 0.15) is 0 Å². The van der Waals surface area contributed by atoms with Crippen LogP contribution >= 0.6 is 11.6 Å².